The molecule has 0 bridgehead atoms. The lowest BCUT2D eigenvalue weighted by molar-refractivity contribution is 0.319. The van der Waals surface area contributed by atoms with Crippen LogP contribution in [0.3, 0.4) is 0 Å². The molecule has 1 fully saturated rings. The largest absolute Gasteiger partial charge is 0.322 e. The van der Waals surface area contributed by atoms with E-state index in [2.05, 4.69) is 26.2 Å². The van der Waals surface area contributed by atoms with E-state index in [9.17, 15) is 0 Å². The Labute approximate surface area is 115 Å². The van der Waals surface area contributed by atoms with Gasteiger partial charge in [-0.25, -0.2) is 4.98 Å². The van der Waals surface area contributed by atoms with Crippen LogP contribution >= 0.6 is 11.3 Å². The van der Waals surface area contributed by atoms with Crippen molar-refractivity contribution in [3.63, 3.8) is 0 Å². The van der Waals surface area contributed by atoms with Crippen LogP contribution in [0, 0.1) is 5.92 Å². The number of aromatic nitrogens is 1. The summed E-state index contributed by atoms with van der Waals surface area (Å²) >= 11 is 1.74. The summed E-state index contributed by atoms with van der Waals surface area (Å²) in [5, 5.41) is 3.31. The highest BCUT2D eigenvalue weighted by molar-refractivity contribution is 7.09. The zero-order valence-electron chi connectivity index (χ0n) is 11.9. The highest BCUT2D eigenvalue weighted by atomic mass is 32.1. The molecule has 1 heterocycles. The minimum absolute atomic E-state index is 0.138. The van der Waals surface area contributed by atoms with Crippen molar-refractivity contribution in [2.24, 2.45) is 11.7 Å². The molecule has 18 heavy (non-hydrogen) atoms. The smallest absolute Gasteiger partial charge is 0.110 e. The Morgan fingerprint density at radius 1 is 1.33 bits per heavy atom. The molecule has 2 nitrogen and oxygen atoms in total. The third-order valence-corrected chi connectivity index (χ3v) is 4.90. The van der Waals surface area contributed by atoms with E-state index in [0.717, 1.165) is 17.3 Å². The van der Waals surface area contributed by atoms with Crippen molar-refractivity contribution in [1.29, 1.82) is 0 Å². The molecule has 0 saturated heterocycles. The maximum atomic E-state index is 6.33. The number of hydrogen-bond donors (Lipinski definition) is 1. The molecule has 1 atom stereocenters. The predicted molar refractivity (Wildman–Crippen MR) is 78.9 cm³/mol. The van der Waals surface area contributed by atoms with Crippen molar-refractivity contribution in [3.8, 4) is 0 Å². The van der Waals surface area contributed by atoms with Crippen LogP contribution in [0.1, 0.15) is 76.0 Å². The fourth-order valence-electron chi connectivity index (χ4n) is 2.69. The second kappa shape index (κ2) is 5.70. The number of thiazole rings is 1. The zero-order valence-corrected chi connectivity index (χ0v) is 12.7. The second-order valence-corrected chi connectivity index (χ2v) is 7.56. The summed E-state index contributed by atoms with van der Waals surface area (Å²) in [4.78, 5) is 4.74. The van der Waals surface area contributed by atoms with Crippen LogP contribution in [0.25, 0.3) is 0 Å². The minimum Gasteiger partial charge on any atom is -0.322 e. The van der Waals surface area contributed by atoms with Gasteiger partial charge in [-0.05, 0) is 12.3 Å². The van der Waals surface area contributed by atoms with E-state index < -0.39 is 0 Å². The molecule has 0 spiro atoms. The van der Waals surface area contributed by atoms with Crippen LogP contribution in [0.4, 0.5) is 0 Å². The van der Waals surface area contributed by atoms with Crippen molar-refractivity contribution in [2.75, 3.05) is 0 Å². The van der Waals surface area contributed by atoms with E-state index in [-0.39, 0.29) is 11.5 Å². The third kappa shape index (κ3) is 3.55. The molecule has 3 heteroatoms. The SMILES string of the molecule is CC(C)(C)c1csc(C(N)CC2CCCCC2)n1. The van der Waals surface area contributed by atoms with E-state index >= 15 is 0 Å². The van der Waals surface area contributed by atoms with Crippen molar-refractivity contribution in [1.82, 2.24) is 4.98 Å². The highest BCUT2D eigenvalue weighted by Crippen LogP contribution is 2.33. The van der Waals surface area contributed by atoms with Crippen LogP contribution in [0.5, 0.6) is 0 Å². The summed E-state index contributed by atoms with van der Waals surface area (Å²) in [5.74, 6) is 0.829. The fraction of sp³-hybridized carbons (Fsp3) is 0.800. The van der Waals surface area contributed by atoms with Crippen molar-refractivity contribution in [3.05, 3.63) is 16.1 Å². The predicted octanol–water partition coefficient (Wildman–Crippen LogP) is 4.41. The standard InChI is InChI=1S/C15H26N2S/c1-15(2,3)13-10-18-14(17-13)12(16)9-11-7-5-4-6-8-11/h10-12H,4-9,16H2,1-3H3. The molecule has 2 rings (SSSR count). The van der Waals surface area contributed by atoms with Gasteiger partial charge in [0.15, 0.2) is 0 Å². The molecule has 1 aliphatic rings. The Balaban J connectivity index is 1.96. The monoisotopic (exact) mass is 266 g/mol. The summed E-state index contributed by atoms with van der Waals surface area (Å²) in [6.07, 6.45) is 8.05. The van der Waals surface area contributed by atoms with Gasteiger partial charge >= 0.3 is 0 Å². The first-order valence-electron chi connectivity index (χ1n) is 7.18. The molecule has 1 aromatic rings. The number of hydrogen-bond acceptors (Lipinski definition) is 3. The van der Waals surface area contributed by atoms with Crippen LogP contribution in [-0.4, -0.2) is 4.98 Å². The van der Waals surface area contributed by atoms with Gasteiger partial charge in [-0.1, -0.05) is 52.9 Å². The first-order chi connectivity index (χ1) is 8.47. The Kier molecular flexibility index (Phi) is 4.44. The summed E-state index contributed by atoms with van der Waals surface area (Å²) < 4.78 is 0. The van der Waals surface area contributed by atoms with Gasteiger partial charge < -0.3 is 5.73 Å². The maximum absolute atomic E-state index is 6.33. The summed E-state index contributed by atoms with van der Waals surface area (Å²) in [6.45, 7) is 6.62. The molecule has 0 aromatic carbocycles. The van der Waals surface area contributed by atoms with Crippen molar-refractivity contribution >= 4 is 11.3 Å². The Morgan fingerprint density at radius 2 is 2.00 bits per heavy atom. The molecule has 1 aromatic heterocycles. The Bertz CT molecular complexity index is 372. The van der Waals surface area contributed by atoms with Crippen LogP contribution < -0.4 is 5.73 Å². The number of nitrogens with zero attached hydrogens (tertiary/aromatic N) is 1. The van der Waals surface area contributed by atoms with Gasteiger partial charge in [0.2, 0.25) is 0 Å². The van der Waals surface area contributed by atoms with Gasteiger partial charge in [0.05, 0.1) is 11.7 Å². The lowest BCUT2D eigenvalue weighted by atomic mass is 9.85. The van der Waals surface area contributed by atoms with E-state index in [1.54, 1.807) is 11.3 Å². The zero-order chi connectivity index (χ0) is 13.2. The molecule has 0 amide bonds. The maximum Gasteiger partial charge on any atom is 0.110 e. The van der Waals surface area contributed by atoms with Crippen LogP contribution in [0.15, 0.2) is 5.38 Å². The first-order valence-corrected chi connectivity index (χ1v) is 8.06. The fourth-order valence-corrected chi connectivity index (χ4v) is 3.75. The quantitative estimate of drug-likeness (QED) is 0.880. The van der Waals surface area contributed by atoms with Gasteiger partial charge in [-0.3, -0.25) is 0 Å². The van der Waals surface area contributed by atoms with Gasteiger partial charge in [-0.2, -0.15) is 0 Å². The minimum atomic E-state index is 0.138. The third-order valence-electron chi connectivity index (χ3n) is 3.92. The summed E-state index contributed by atoms with van der Waals surface area (Å²) in [5.41, 5.74) is 7.65. The second-order valence-electron chi connectivity index (χ2n) is 6.67. The highest BCUT2D eigenvalue weighted by Gasteiger charge is 2.22. The molecular weight excluding hydrogens is 240 g/mol. The molecule has 102 valence electrons. The molecule has 1 aliphatic carbocycles. The van der Waals surface area contributed by atoms with E-state index in [1.807, 2.05) is 0 Å². The van der Waals surface area contributed by atoms with Crippen LogP contribution in [-0.2, 0) is 5.41 Å². The molecule has 0 radical (unpaired) electrons. The summed E-state index contributed by atoms with van der Waals surface area (Å²) in [7, 11) is 0. The lowest BCUT2D eigenvalue weighted by Gasteiger charge is -2.23. The lowest BCUT2D eigenvalue weighted by Crippen LogP contribution is -2.18. The Morgan fingerprint density at radius 3 is 2.56 bits per heavy atom. The van der Waals surface area contributed by atoms with Crippen LogP contribution in [0.2, 0.25) is 0 Å². The average molecular weight is 266 g/mol. The van der Waals surface area contributed by atoms with Crippen molar-refractivity contribution < 1.29 is 0 Å². The van der Waals surface area contributed by atoms with E-state index in [1.165, 1.54) is 37.8 Å². The molecule has 2 N–H and O–H groups in total. The van der Waals surface area contributed by atoms with Crippen molar-refractivity contribution in [2.45, 2.75) is 70.8 Å². The molecule has 1 saturated carbocycles. The van der Waals surface area contributed by atoms with Gasteiger partial charge in [0.25, 0.3) is 0 Å². The topological polar surface area (TPSA) is 38.9 Å². The normalized spacial score (nSPS) is 20.0. The molecule has 0 aliphatic heterocycles. The molecular formula is C15H26N2S. The van der Waals surface area contributed by atoms with Gasteiger partial charge in [0, 0.05) is 10.8 Å². The van der Waals surface area contributed by atoms with E-state index in [0.29, 0.717) is 0 Å². The Hall–Kier alpha value is -0.410. The van der Waals surface area contributed by atoms with Gasteiger partial charge in [0.1, 0.15) is 5.01 Å². The average Bonchev–Trinajstić information content (AvgIpc) is 2.79. The van der Waals surface area contributed by atoms with Gasteiger partial charge in [-0.15, -0.1) is 11.3 Å². The number of nitrogens with two attached hydrogens (primary N) is 1. The number of rotatable bonds is 3. The first kappa shape index (κ1) is 14.0. The molecule has 1 unspecified atom stereocenters. The van der Waals surface area contributed by atoms with E-state index in [4.69, 9.17) is 10.7 Å². The summed E-state index contributed by atoms with van der Waals surface area (Å²) in [6, 6.07) is 0.147.